The zero-order valence-electron chi connectivity index (χ0n) is 16.8. The first-order valence-electron chi connectivity index (χ1n) is 10.3. The molecule has 0 aliphatic carbocycles. The number of aromatic nitrogens is 4. The lowest BCUT2D eigenvalue weighted by molar-refractivity contribution is -0.116. The molecule has 4 rings (SSSR count). The van der Waals surface area contributed by atoms with Crippen LogP contribution >= 0.6 is 0 Å². The normalized spacial score (nSPS) is 15.8. The summed E-state index contributed by atoms with van der Waals surface area (Å²) >= 11 is 0. The highest BCUT2D eigenvalue weighted by Gasteiger charge is 2.30. The number of imidazole rings is 1. The van der Waals surface area contributed by atoms with Gasteiger partial charge in [0.2, 0.25) is 5.91 Å². The van der Waals surface area contributed by atoms with E-state index in [-0.39, 0.29) is 11.8 Å². The molecule has 1 aliphatic heterocycles. The Labute approximate surface area is 170 Å². The third kappa shape index (κ3) is 4.50. The maximum absolute atomic E-state index is 12.4. The Kier molecular flexibility index (Phi) is 5.93. The van der Waals surface area contributed by atoms with Gasteiger partial charge in [0.1, 0.15) is 11.6 Å². The minimum absolute atomic E-state index is 0.00336. The molecule has 0 radical (unpaired) electrons. The van der Waals surface area contributed by atoms with Crippen LogP contribution in [0.2, 0.25) is 0 Å². The van der Waals surface area contributed by atoms with Crippen LogP contribution in [0.4, 0.5) is 5.82 Å². The third-order valence-corrected chi connectivity index (χ3v) is 5.26. The van der Waals surface area contributed by atoms with Crippen LogP contribution in [0.1, 0.15) is 49.7 Å². The average Bonchev–Trinajstić information content (AvgIpc) is 3.39. The SMILES string of the molecule is CCCCn1ncc2c1NC(=O)CC2c1cccc(OCCCn2ccnc2)c1. The molecule has 1 unspecified atom stereocenters. The minimum Gasteiger partial charge on any atom is -0.494 e. The quantitative estimate of drug-likeness (QED) is 0.561. The van der Waals surface area contributed by atoms with Crippen LogP contribution in [-0.4, -0.2) is 31.8 Å². The lowest BCUT2D eigenvalue weighted by Gasteiger charge is -2.24. The molecular weight excluding hydrogens is 366 g/mol. The number of amides is 1. The fourth-order valence-electron chi connectivity index (χ4n) is 3.72. The molecule has 0 saturated carbocycles. The molecule has 1 amide bonds. The van der Waals surface area contributed by atoms with E-state index in [1.54, 1.807) is 6.20 Å². The standard InChI is InChI=1S/C22H27N5O2/c1-2-3-10-27-22-20(15-24-27)19(14-21(28)25-22)17-6-4-7-18(13-17)29-12-5-9-26-11-8-23-16-26/h4,6-8,11,13,15-16,19H,2-3,5,9-10,12,14H2,1H3,(H,25,28). The molecule has 0 bridgehead atoms. The van der Waals surface area contributed by atoms with Gasteiger partial charge in [-0.05, 0) is 30.5 Å². The molecule has 29 heavy (non-hydrogen) atoms. The summed E-state index contributed by atoms with van der Waals surface area (Å²) in [5.74, 6) is 1.71. The maximum Gasteiger partial charge on any atom is 0.226 e. The number of ether oxygens (including phenoxy) is 1. The number of nitrogens with one attached hydrogen (secondary N) is 1. The van der Waals surface area contributed by atoms with Gasteiger partial charge in [-0.25, -0.2) is 9.67 Å². The van der Waals surface area contributed by atoms with E-state index in [4.69, 9.17) is 4.74 Å². The number of carbonyl (C=O) groups is 1. The van der Waals surface area contributed by atoms with Crippen molar-refractivity contribution in [2.75, 3.05) is 11.9 Å². The van der Waals surface area contributed by atoms with Crippen LogP contribution in [0.25, 0.3) is 0 Å². The number of benzene rings is 1. The monoisotopic (exact) mass is 393 g/mol. The van der Waals surface area contributed by atoms with E-state index >= 15 is 0 Å². The molecule has 0 spiro atoms. The molecule has 1 atom stereocenters. The van der Waals surface area contributed by atoms with Crippen LogP contribution in [0, 0.1) is 0 Å². The van der Waals surface area contributed by atoms with E-state index in [1.165, 1.54) is 0 Å². The third-order valence-electron chi connectivity index (χ3n) is 5.26. The summed E-state index contributed by atoms with van der Waals surface area (Å²) in [6.45, 7) is 4.48. The Morgan fingerprint density at radius 2 is 2.21 bits per heavy atom. The maximum atomic E-state index is 12.4. The topological polar surface area (TPSA) is 74.0 Å². The summed E-state index contributed by atoms with van der Waals surface area (Å²) in [5, 5.41) is 7.53. The van der Waals surface area contributed by atoms with Crippen LogP contribution in [0.15, 0.2) is 49.2 Å². The van der Waals surface area contributed by atoms with Gasteiger partial charge in [-0.1, -0.05) is 25.5 Å². The van der Waals surface area contributed by atoms with Crippen molar-refractivity contribution in [2.45, 2.75) is 51.6 Å². The zero-order chi connectivity index (χ0) is 20.1. The van der Waals surface area contributed by atoms with Crippen molar-refractivity contribution in [3.8, 4) is 5.75 Å². The number of hydrogen-bond acceptors (Lipinski definition) is 4. The summed E-state index contributed by atoms with van der Waals surface area (Å²) in [4.78, 5) is 16.4. The Morgan fingerprint density at radius 1 is 1.28 bits per heavy atom. The van der Waals surface area contributed by atoms with E-state index in [9.17, 15) is 4.79 Å². The second-order valence-corrected chi connectivity index (χ2v) is 7.41. The molecule has 152 valence electrons. The molecule has 0 fully saturated rings. The van der Waals surface area contributed by atoms with Gasteiger partial charge in [-0.15, -0.1) is 0 Å². The van der Waals surface area contributed by atoms with E-state index in [0.29, 0.717) is 13.0 Å². The summed E-state index contributed by atoms with van der Waals surface area (Å²) in [6.07, 6.45) is 10.9. The van der Waals surface area contributed by atoms with Gasteiger partial charge in [-0.3, -0.25) is 4.79 Å². The lowest BCUT2D eigenvalue weighted by atomic mass is 9.87. The largest absolute Gasteiger partial charge is 0.494 e. The highest BCUT2D eigenvalue weighted by atomic mass is 16.5. The first-order chi connectivity index (χ1) is 14.2. The van der Waals surface area contributed by atoms with Gasteiger partial charge in [0, 0.05) is 43.4 Å². The van der Waals surface area contributed by atoms with Crippen LogP contribution in [-0.2, 0) is 17.9 Å². The number of anilines is 1. The Balaban J connectivity index is 1.45. The molecule has 3 heterocycles. The Morgan fingerprint density at radius 3 is 3.03 bits per heavy atom. The predicted molar refractivity (Wildman–Crippen MR) is 111 cm³/mol. The van der Waals surface area contributed by atoms with E-state index in [0.717, 1.165) is 55.0 Å². The number of nitrogens with zero attached hydrogens (tertiary/aromatic N) is 4. The second kappa shape index (κ2) is 8.94. The number of unbranched alkanes of at least 4 members (excludes halogenated alkanes) is 1. The smallest absolute Gasteiger partial charge is 0.226 e. The van der Waals surface area contributed by atoms with Gasteiger partial charge in [0.15, 0.2) is 0 Å². The zero-order valence-corrected chi connectivity index (χ0v) is 16.8. The molecule has 0 saturated heterocycles. The van der Waals surface area contributed by atoms with Gasteiger partial charge in [-0.2, -0.15) is 5.10 Å². The molecule has 7 heteroatoms. The highest BCUT2D eigenvalue weighted by molar-refractivity contribution is 5.94. The van der Waals surface area contributed by atoms with E-state index in [2.05, 4.69) is 28.4 Å². The minimum atomic E-state index is 0.00336. The van der Waals surface area contributed by atoms with Crippen LogP contribution in [0.5, 0.6) is 5.75 Å². The summed E-state index contributed by atoms with van der Waals surface area (Å²) in [6, 6.07) is 8.08. The lowest BCUT2D eigenvalue weighted by Crippen LogP contribution is -2.25. The molecule has 2 aromatic heterocycles. The second-order valence-electron chi connectivity index (χ2n) is 7.41. The summed E-state index contributed by atoms with van der Waals surface area (Å²) in [5.41, 5.74) is 2.17. The predicted octanol–water partition coefficient (Wildman–Crippen LogP) is 3.82. The van der Waals surface area contributed by atoms with Crippen molar-refractivity contribution in [3.63, 3.8) is 0 Å². The Bertz CT molecular complexity index is 948. The highest BCUT2D eigenvalue weighted by Crippen LogP contribution is 2.38. The molecule has 1 N–H and O–H groups in total. The van der Waals surface area contributed by atoms with Crippen LogP contribution in [0.3, 0.4) is 0 Å². The molecular formula is C22H27N5O2. The number of carbonyl (C=O) groups excluding carboxylic acids is 1. The van der Waals surface area contributed by atoms with Crippen molar-refractivity contribution >= 4 is 11.7 Å². The van der Waals surface area contributed by atoms with Crippen molar-refractivity contribution < 1.29 is 9.53 Å². The van der Waals surface area contributed by atoms with E-state index in [1.807, 2.05) is 46.2 Å². The van der Waals surface area contributed by atoms with Crippen molar-refractivity contribution in [1.82, 2.24) is 19.3 Å². The average molecular weight is 393 g/mol. The molecule has 1 aromatic carbocycles. The summed E-state index contributed by atoms with van der Waals surface area (Å²) in [7, 11) is 0. The fourth-order valence-corrected chi connectivity index (χ4v) is 3.72. The first kappa shape index (κ1) is 19.2. The molecule has 7 nitrogen and oxygen atoms in total. The number of aryl methyl sites for hydroxylation is 2. The van der Waals surface area contributed by atoms with Gasteiger partial charge >= 0.3 is 0 Å². The first-order valence-corrected chi connectivity index (χ1v) is 10.3. The fraction of sp³-hybridized carbons (Fsp3) is 0.409. The Hall–Kier alpha value is -3.09. The van der Waals surface area contributed by atoms with Gasteiger partial charge in [0.05, 0.1) is 19.1 Å². The molecule has 3 aromatic rings. The van der Waals surface area contributed by atoms with Crippen LogP contribution < -0.4 is 10.1 Å². The number of hydrogen-bond donors (Lipinski definition) is 1. The van der Waals surface area contributed by atoms with Crippen molar-refractivity contribution in [1.29, 1.82) is 0 Å². The van der Waals surface area contributed by atoms with Gasteiger partial charge < -0.3 is 14.6 Å². The number of fused-ring (bicyclic) bond motifs is 1. The molecule has 1 aliphatic rings. The van der Waals surface area contributed by atoms with Crippen molar-refractivity contribution in [3.05, 3.63) is 60.3 Å². The summed E-state index contributed by atoms with van der Waals surface area (Å²) < 4.78 is 9.91. The van der Waals surface area contributed by atoms with Gasteiger partial charge in [0.25, 0.3) is 0 Å². The van der Waals surface area contributed by atoms with Crippen molar-refractivity contribution in [2.24, 2.45) is 0 Å². The number of rotatable bonds is 9. The van der Waals surface area contributed by atoms with E-state index < -0.39 is 0 Å².